The van der Waals surface area contributed by atoms with Crippen LogP contribution in [0.1, 0.15) is 36.0 Å². The molecule has 3 rings (SSSR count). The summed E-state index contributed by atoms with van der Waals surface area (Å²) in [6.45, 7) is 3.90. The number of aromatic nitrogens is 2. The van der Waals surface area contributed by atoms with Gasteiger partial charge in [-0.2, -0.15) is 0 Å². The van der Waals surface area contributed by atoms with E-state index < -0.39 is 0 Å². The Labute approximate surface area is 129 Å². The number of aryl methyl sites for hydroxylation is 1. The molecule has 116 valence electrons. The predicted molar refractivity (Wildman–Crippen MR) is 83.1 cm³/mol. The van der Waals surface area contributed by atoms with E-state index in [4.69, 9.17) is 0 Å². The van der Waals surface area contributed by atoms with E-state index in [1.165, 1.54) is 6.07 Å². The van der Waals surface area contributed by atoms with Gasteiger partial charge in [-0.05, 0) is 12.5 Å². The predicted octanol–water partition coefficient (Wildman–Crippen LogP) is 2.42. The van der Waals surface area contributed by atoms with Crippen LogP contribution in [0.2, 0.25) is 0 Å². The average Bonchev–Trinajstić information content (AvgIpc) is 2.51. The molecule has 2 heterocycles. The smallest absolute Gasteiger partial charge is 0.255 e. The number of halogens is 1. The van der Waals surface area contributed by atoms with Crippen molar-refractivity contribution in [2.45, 2.75) is 39.3 Å². The summed E-state index contributed by atoms with van der Waals surface area (Å²) >= 11 is 0. The fraction of sp³-hybridized carbons (Fsp3) is 0.412. The van der Waals surface area contributed by atoms with Crippen molar-refractivity contribution >= 4 is 0 Å². The highest BCUT2D eigenvalue weighted by molar-refractivity contribution is 5.22. The highest BCUT2D eigenvalue weighted by Gasteiger charge is 2.21. The summed E-state index contributed by atoms with van der Waals surface area (Å²) in [5.41, 5.74) is 2.24. The molecule has 1 aromatic carbocycles. The summed E-state index contributed by atoms with van der Waals surface area (Å²) in [4.78, 5) is 21.8. The third kappa shape index (κ3) is 3.09. The van der Waals surface area contributed by atoms with Crippen molar-refractivity contribution in [1.29, 1.82) is 0 Å². The largest absolute Gasteiger partial charge is 0.310 e. The minimum atomic E-state index is -0.196. The van der Waals surface area contributed by atoms with Gasteiger partial charge in [-0.25, -0.2) is 9.37 Å². The van der Waals surface area contributed by atoms with Crippen molar-refractivity contribution in [3.8, 4) is 0 Å². The summed E-state index contributed by atoms with van der Waals surface area (Å²) in [6, 6.07) is 6.78. The molecule has 0 saturated heterocycles. The molecule has 0 atom stereocenters. The van der Waals surface area contributed by atoms with Gasteiger partial charge in [0.15, 0.2) is 0 Å². The Balaban J connectivity index is 1.79. The molecule has 0 bridgehead atoms. The van der Waals surface area contributed by atoms with Crippen molar-refractivity contribution in [3.63, 3.8) is 0 Å². The van der Waals surface area contributed by atoms with Gasteiger partial charge in [-0.3, -0.25) is 9.69 Å². The Morgan fingerprint density at radius 1 is 1.36 bits per heavy atom. The Kier molecular flexibility index (Phi) is 4.34. The zero-order valence-corrected chi connectivity index (χ0v) is 12.7. The van der Waals surface area contributed by atoms with Gasteiger partial charge in [-0.1, -0.05) is 25.1 Å². The highest BCUT2D eigenvalue weighted by Crippen LogP contribution is 2.18. The fourth-order valence-corrected chi connectivity index (χ4v) is 2.89. The number of rotatable bonds is 4. The van der Waals surface area contributed by atoms with Gasteiger partial charge < -0.3 is 4.98 Å². The summed E-state index contributed by atoms with van der Waals surface area (Å²) in [7, 11) is 0. The quantitative estimate of drug-likeness (QED) is 0.943. The average molecular weight is 301 g/mol. The van der Waals surface area contributed by atoms with Crippen LogP contribution in [0.3, 0.4) is 0 Å². The second-order valence-corrected chi connectivity index (χ2v) is 5.74. The molecule has 2 aromatic rings. The van der Waals surface area contributed by atoms with Crippen molar-refractivity contribution in [2.24, 2.45) is 0 Å². The van der Waals surface area contributed by atoms with Gasteiger partial charge in [0.25, 0.3) is 5.56 Å². The maximum Gasteiger partial charge on any atom is 0.255 e. The molecule has 1 aromatic heterocycles. The van der Waals surface area contributed by atoms with Crippen molar-refractivity contribution < 1.29 is 4.39 Å². The molecule has 0 saturated carbocycles. The first-order valence-corrected chi connectivity index (χ1v) is 7.74. The third-order valence-corrected chi connectivity index (χ3v) is 4.04. The van der Waals surface area contributed by atoms with Crippen LogP contribution >= 0.6 is 0 Å². The highest BCUT2D eigenvalue weighted by atomic mass is 19.1. The van der Waals surface area contributed by atoms with E-state index in [2.05, 4.69) is 21.8 Å². The van der Waals surface area contributed by atoms with E-state index in [1.807, 2.05) is 6.07 Å². The summed E-state index contributed by atoms with van der Waals surface area (Å²) in [5, 5.41) is 0. The van der Waals surface area contributed by atoms with Crippen molar-refractivity contribution in [2.75, 3.05) is 6.54 Å². The molecule has 0 spiro atoms. The minimum Gasteiger partial charge on any atom is -0.310 e. The first-order valence-electron chi connectivity index (χ1n) is 7.74. The van der Waals surface area contributed by atoms with Crippen LogP contribution in [-0.4, -0.2) is 21.4 Å². The lowest BCUT2D eigenvalue weighted by molar-refractivity contribution is 0.238. The fourth-order valence-electron chi connectivity index (χ4n) is 2.89. The first kappa shape index (κ1) is 14.9. The summed E-state index contributed by atoms with van der Waals surface area (Å²) in [6.07, 6.45) is 2.49. The molecular weight excluding hydrogens is 281 g/mol. The van der Waals surface area contributed by atoms with Crippen LogP contribution in [0, 0.1) is 5.82 Å². The number of H-pyrrole nitrogens is 1. The van der Waals surface area contributed by atoms with Gasteiger partial charge >= 0.3 is 0 Å². The zero-order valence-electron chi connectivity index (χ0n) is 12.7. The van der Waals surface area contributed by atoms with Gasteiger partial charge in [0.1, 0.15) is 11.6 Å². The maximum atomic E-state index is 13.8. The molecule has 0 unspecified atom stereocenters. The number of hydrogen-bond donors (Lipinski definition) is 1. The van der Waals surface area contributed by atoms with E-state index in [-0.39, 0.29) is 11.4 Å². The Morgan fingerprint density at radius 3 is 2.95 bits per heavy atom. The molecule has 5 heteroatoms. The maximum absolute atomic E-state index is 13.8. The third-order valence-electron chi connectivity index (χ3n) is 4.04. The molecule has 1 N–H and O–H groups in total. The van der Waals surface area contributed by atoms with E-state index >= 15 is 0 Å². The van der Waals surface area contributed by atoms with Gasteiger partial charge in [0.05, 0.1) is 11.3 Å². The van der Waals surface area contributed by atoms with Crippen LogP contribution in [0.25, 0.3) is 0 Å². The SMILES string of the molecule is CCCc1nc2c(c(=O)[nH]1)CN(Cc1ccccc1F)CC2. The van der Waals surface area contributed by atoms with E-state index in [0.29, 0.717) is 18.7 Å². The number of benzene rings is 1. The van der Waals surface area contributed by atoms with Gasteiger partial charge in [0, 0.05) is 38.0 Å². The molecule has 0 aliphatic carbocycles. The molecule has 0 fully saturated rings. The standard InChI is InChI=1S/C17H20FN3O/c1-2-5-16-19-15-8-9-21(11-13(15)17(22)20-16)10-12-6-3-4-7-14(12)18/h3-4,6-7H,2,5,8-11H2,1H3,(H,19,20,22). The van der Waals surface area contributed by atoms with Crippen LogP contribution in [0.15, 0.2) is 29.1 Å². The second kappa shape index (κ2) is 6.40. The van der Waals surface area contributed by atoms with E-state index in [0.717, 1.165) is 42.9 Å². The normalized spacial score (nSPS) is 14.8. The number of hydrogen-bond acceptors (Lipinski definition) is 3. The summed E-state index contributed by atoms with van der Waals surface area (Å²) < 4.78 is 13.8. The number of nitrogens with one attached hydrogen (secondary N) is 1. The van der Waals surface area contributed by atoms with Crippen molar-refractivity contribution in [1.82, 2.24) is 14.9 Å². The topological polar surface area (TPSA) is 49.0 Å². The van der Waals surface area contributed by atoms with Crippen molar-refractivity contribution in [3.05, 3.63) is 63.1 Å². The number of nitrogens with zero attached hydrogens (tertiary/aromatic N) is 2. The lowest BCUT2D eigenvalue weighted by Gasteiger charge is -2.27. The van der Waals surface area contributed by atoms with Gasteiger partial charge in [-0.15, -0.1) is 0 Å². The monoisotopic (exact) mass is 301 g/mol. The Morgan fingerprint density at radius 2 is 2.18 bits per heavy atom. The number of fused-ring (bicyclic) bond motifs is 1. The lowest BCUT2D eigenvalue weighted by Crippen LogP contribution is -2.36. The molecular formula is C17H20FN3O. The molecule has 1 aliphatic heterocycles. The van der Waals surface area contributed by atoms with Crippen LogP contribution in [0.5, 0.6) is 0 Å². The molecule has 22 heavy (non-hydrogen) atoms. The number of aromatic amines is 1. The minimum absolute atomic E-state index is 0.0494. The summed E-state index contributed by atoms with van der Waals surface area (Å²) in [5.74, 6) is 0.576. The van der Waals surface area contributed by atoms with E-state index in [9.17, 15) is 9.18 Å². The Hall–Kier alpha value is -2.01. The van der Waals surface area contributed by atoms with Crippen LogP contribution < -0.4 is 5.56 Å². The van der Waals surface area contributed by atoms with E-state index in [1.54, 1.807) is 12.1 Å². The lowest BCUT2D eigenvalue weighted by atomic mass is 10.1. The Bertz CT molecular complexity index is 726. The zero-order chi connectivity index (χ0) is 15.5. The molecule has 1 aliphatic rings. The van der Waals surface area contributed by atoms with Crippen LogP contribution in [0.4, 0.5) is 4.39 Å². The molecule has 0 radical (unpaired) electrons. The first-order chi connectivity index (χ1) is 10.7. The molecule has 4 nitrogen and oxygen atoms in total. The van der Waals surface area contributed by atoms with Gasteiger partial charge in [0.2, 0.25) is 0 Å². The van der Waals surface area contributed by atoms with Crippen LogP contribution in [-0.2, 0) is 25.9 Å². The molecule has 0 amide bonds. The second-order valence-electron chi connectivity index (χ2n) is 5.74.